The van der Waals surface area contributed by atoms with Gasteiger partial charge in [-0.15, -0.1) is 0 Å². The van der Waals surface area contributed by atoms with Crippen LogP contribution in [0.2, 0.25) is 10.0 Å². The zero-order chi connectivity index (χ0) is 17.2. The van der Waals surface area contributed by atoms with Crippen LogP contribution < -0.4 is 5.32 Å². The van der Waals surface area contributed by atoms with Gasteiger partial charge in [0.15, 0.2) is 0 Å². The molecule has 1 atom stereocenters. The molecule has 0 spiro atoms. The number of halogens is 2. The van der Waals surface area contributed by atoms with Crippen molar-refractivity contribution >= 4 is 35.1 Å². The number of carboxylic acids is 1. The Bertz CT molecular complexity index is 537. The third-order valence-corrected chi connectivity index (χ3v) is 4.08. The number of unbranched alkanes of at least 4 members (excludes halogenated alkanes) is 1. The standard InChI is InChI=1S/C16H21Cl2NO4/c1-23-9-8-14(11-6-7-12(17)13(18)10-11)19-15(20)4-2-3-5-16(21)22/h6-7,10,14H,2-5,8-9H2,1H3,(H,19,20)(H,21,22). The molecule has 0 aromatic heterocycles. The van der Waals surface area contributed by atoms with Gasteiger partial charge in [0.2, 0.25) is 5.91 Å². The third-order valence-electron chi connectivity index (χ3n) is 3.34. The summed E-state index contributed by atoms with van der Waals surface area (Å²) in [6, 6.07) is 5.02. The molecule has 23 heavy (non-hydrogen) atoms. The minimum Gasteiger partial charge on any atom is -0.481 e. The number of benzene rings is 1. The Hall–Kier alpha value is -1.30. The summed E-state index contributed by atoms with van der Waals surface area (Å²) in [4.78, 5) is 22.5. The monoisotopic (exact) mass is 361 g/mol. The largest absolute Gasteiger partial charge is 0.481 e. The van der Waals surface area contributed by atoms with E-state index in [0.717, 1.165) is 5.56 Å². The van der Waals surface area contributed by atoms with Gasteiger partial charge < -0.3 is 15.2 Å². The average Bonchev–Trinajstić information content (AvgIpc) is 2.50. The Morgan fingerprint density at radius 2 is 1.91 bits per heavy atom. The van der Waals surface area contributed by atoms with Crippen molar-refractivity contribution < 1.29 is 19.4 Å². The van der Waals surface area contributed by atoms with Gasteiger partial charge in [-0.2, -0.15) is 0 Å². The SMILES string of the molecule is COCCC(NC(=O)CCCCC(=O)O)c1ccc(Cl)c(Cl)c1. The Morgan fingerprint density at radius 3 is 2.52 bits per heavy atom. The number of hydrogen-bond donors (Lipinski definition) is 2. The van der Waals surface area contributed by atoms with Crippen LogP contribution >= 0.6 is 23.2 Å². The number of ether oxygens (including phenoxy) is 1. The predicted octanol–water partition coefficient (Wildman–Crippen LogP) is 3.83. The van der Waals surface area contributed by atoms with Crippen molar-refractivity contribution in [1.82, 2.24) is 5.32 Å². The number of carbonyl (C=O) groups is 2. The number of aliphatic carboxylic acids is 1. The molecule has 1 amide bonds. The molecular weight excluding hydrogens is 341 g/mol. The van der Waals surface area contributed by atoms with Crippen molar-refractivity contribution in [3.05, 3.63) is 33.8 Å². The maximum Gasteiger partial charge on any atom is 0.303 e. The minimum absolute atomic E-state index is 0.0766. The molecule has 0 saturated carbocycles. The van der Waals surface area contributed by atoms with Crippen LogP contribution in [0.25, 0.3) is 0 Å². The highest BCUT2D eigenvalue weighted by atomic mass is 35.5. The lowest BCUT2D eigenvalue weighted by Crippen LogP contribution is -2.29. The predicted molar refractivity (Wildman–Crippen MR) is 89.9 cm³/mol. The van der Waals surface area contributed by atoms with E-state index in [-0.39, 0.29) is 24.8 Å². The molecule has 2 N–H and O–H groups in total. The number of carbonyl (C=O) groups excluding carboxylic acids is 1. The summed E-state index contributed by atoms with van der Waals surface area (Å²) in [5.41, 5.74) is 0.857. The number of nitrogens with one attached hydrogen (secondary N) is 1. The Balaban J connectivity index is 2.61. The van der Waals surface area contributed by atoms with E-state index in [4.69, 9.17) is 33.0 Å². The normalized spacial score (nSPS) is 12.0. The van der Waals surface area contributed by atoms with Crippen LogP contribution in [-0.2, 0) is 14.3 Å². The molecule has 0 saturated heterocycles. The summed E-state index contributed by atoms with van der Waals surface area (Å²) >= 11 is 11.9. The van der Waals surface area contributed by atoms with E-state index in [1.165, 1.54) is 0 Å². The third kappa shape index (κ3) is 7.68. The van der Waals surface area contributed by atoms with E-state index in [2.05, 4.69) is 5.32 Å². The first-order valence-corrected chi connectivity index (χ1v) is 8.14. The van der Waals surface area contributed by atoms with Gasteiger partial charge in [-0.05, 0) is 37.0 Å². The molecule has 0 radical (unpaired) electrons. The number of amides is 1. The zero-order valence-electron chi connectivity index (χ0n) is 13.0. The number of rotatable bonds is 10. The quantitative estimate of drug-likeness (QED) is 0.621. The van der Waals surface area contributed by atoms with E-state index in [1.54, 1.807) is 19.2 Å². The smallest absolute Gasteiger partial charge is 0.303 e. The molecule has 128 valence electrons. The second-order valence-electron chi connectivity index (χ2n) is 5.18. The lowest BCUT2D eigenvalue weighted by molar-refractivity contribution is -0.137. The van der Waals surface area contributed by atoms with Crippen molar-refractivity contribution in [2.45, 2.75) is 38.1 Å². The Labute approximate surface area is 145 Å². The second-order valence-corrected chi connectivity index (χ2v) is 5.99. The van der Waals surface area contributed by atoms with Gasteiger partial charge in [0.05, 0.1) is 16.1 Å². The highest BCUT2D eigenvalue weighted by Gasteiger charge is 2.15. The summed E-state index contributed by atoms with van der Waals surface area (Å²) < 4.78 is 5.08. The molecule has 1 aromatic rings. The maximum absolute atomic E-state index is 12.0. The molecule has 0 bridgehead atoms. The summed E-state index contributed by atoms with van der Waals surface area (Å²) in [5, 5.41) is 12.4. The highest BCUT2D eigenvalue weighted by molar-refractivity contribution is 6.42. The van der Waals surface area contributed by atoms with Crippen LogP contribution in [0.4, 0.5) is 0 Å². The first-order valence-electron chi connectivity index (χ1n) is 7.39. The topological polar surface area (TPSA) is 75.6 Å². The Morgan fingerprint density at radius 1 is 1.22 bits per heavy atom. The van der Waals surface area contributed by atoms with Gasteiger partial charge in [-0.3, -0.25) is 9.59 Å². The Kier molecular flexibility index (Phi) is 8.99. The molecule has 0 fully saturated rings. The molecule has 1 aromatic carbocycles. The van der Waals surface area contributed by atoms with Crippen LogP contribution in [-0.4, -0.2) is 30.7 Å². The lowest BCUT2D eigenvalue weighted by atomic mass is 10.0. The van der Waals surface area contributed by atoms with Crippen molar-refractivity contribution in [2.75, 3.05) is 13.7 Å². The first kappa shape index (κ1) is 19.7. The van der Waals surface area contributed by atoms with E-state index in [0.29, 0.717) is 35.9 Å². The molecule has 5 nitrogen and oxygen atoms in total. The van der Waals surface area contributed by atoms with E-state index >= 15 is 0 Å². The molecule has 1 rings (SSSR count). The van der Waals surface area contributed by atoms with Crippen molar-refractivity contribution in [1.29, 1.82) is 0 Å². The summed E-state index contributed by atoms with van der Waals surface area (Å²) in [7, 11) is 1.60. The summed E-state index contributed by atoms with van der Waals surface area (Å²) in [6.45, 7) is 0.490. The first-order chi connectivity index (χ1) is 10.9. The minimum atomic E-state index is -0.848. The van der Waals surface area contributed by atoms with Gasteiger partial charge in [-0.25, -0.2) is 0 Å². The summed E-state index contributed by atoms with van der Waals surface area (Å²) in [6.07, 6.45) is 2.00. The fraction of sp³-hybridized carbons (Fsp3) is 0.500. The molecule has 1 unspecified atom stereocenters. The van der Waals surface area contributed by atoms with Crippen LogP contribution in [0.1, 0.15) is 43.7 Å². The lowest BCUT2D eigenvalue weighted by Gasteiger charge is -2.19. The van der Waals surface area contributed by atoms with E-state index in [9.17, 15) is 9.59 Å². The van der Waals surface area contributed by atoms with Crippen molar-refractivity contribution in [3.63, 3.8) is 0 Å². The second kappa shape index (κ2) is 10.5. The van der Waals surface area contributed by atoms with E-state index < -0.39 is 5.97 Å². The number of methoxy groups -OCH3 is 1. The zero-order valence-corrected chi connectivity index (χ0v) is 14.5. The van der Waals surface area contributed by atoms with Crippen LogP contribution in [0.3, 0.4) is 0 Å². The average molecular weight is 362 g/mol. The molecule has 7 heteroatoms. The van der Waals surface area contributed by atoms with Gasteiger partial charge in [0.1, 0.15) is 0 Å². The fourth-order valence-electron chi connectivity index (χ4n) is 2.12. The van der Waals surface area contributed by atoms with E-state index in [1.807, 2.05) is 6.07 Å². The van der Waals surface area contributed by atoms with Crippen LogP contribution in [0.5, 0.6) is 0 Å². The van der Waals surface area contributed by atoms with Crippen LogP contribution in [0, 0.1) is 0 Å². The molecular formula is C16H21Cl2NO4. The fourth-order valence-corrected chi connectivity index (χ4v) is 2.42. The number of hydrogen-bond acceptors (Lipinski definition) is 3. The molecule has 0 aliphatic rings. The molecule has 0 aliphatic carbocycles. The number of carboxylic acid groups (broad SMARTS) is 1. The highest BCUT2D eigenvalue weighted by Crippen LogP contribution is 2.27. The van der Waals surface area contributed by atoms with Crippen molar-refractivity contribution in [3.8, 4) is 0 Å². The molecule has 0 aliphatic heterocycles. The van der Waals surface area contributed by atoms with Gasteiger partial charge >= 0.3 is 5.97 Å². The maximum atomic E-state index is 12.0. The molecule has 0 heterocycles. The summed E-state index contributed by atoms with van der Waals surface area (Å²) in [5.74, 6) is -0.971. The van der Waals surface area contributed by atoms with Gasteiger partial charge in [0.25, 0.3) is 0 Å². The van der Waals surface area contributed by atoms with Gasteiger partial charge in [-0.1, -0.05) is 29.3 Å². The van der Waals surface area contributed by atoms with Gasteiger partial charge in [0, 0.05) is 26.6 Å². The van der Waals surface area contributed by atoms with Crippen molar-refractivity contribution in [2.24, 2.45) is 0 Å². The van der Waals surface area contributed by atoms with Crippen LogP contribution in [0.15, 0.2) is 18.2 Å².